The van der Waals surface area contributed by atoms with Crippen molar-refractivity contribution in [3.63, 3.8) is 0 Å². The van der Waals surface area contributed by atoms with E-state index in [0.29, 0.717) is 0 Å². The van der Waals surface area contributed by atoms with Gasteiger partial charge in [0.2, 0.25) is 0 Å². The van der Waals surface area contributed by atoms with Crippen LogP contribution in [0.1, 0.15) is 116 Å². The van der Waals surface area contributed by atoms with E-state index >= 15 is 0 Å². The Labute approximate surface area is 168 Å². The number of allylic oxidation sites excluding steroid dienone is 3. The summed E-state index contributed by atoms with van der Waals surface area (Å²) in [6.45, 7) is 2.27. The third-order valence-electron chi connectivity index (χ3n) is 4.94. The Bertz CT molecular complexity index is 374. The van der Waals surface area contributed by atoms with Crippen LogP contribution in [0.4, 0.5) is 0 Å². The Hall–Kier alpha value is -1.09. The van der Waals surface area contributed by atoms with Crippen molar-refractivity contribution in [3.8, 4) is 0 Å². The summed E-state index contributed by atoms with van der Waals surface area (Å²) in [6, 6.07) is 0. The summed E-state index contributed by atoms with van der Waals surface area (Å²) in [4.78, 5) is 10.4. The van der Waals surface area contributed by atoms with Crippen LogP contribution in [0.25, 0.3) is 0 Å². The molecule has 1 atom stereocenters. The molecule has 158 valence electrons. The van der Waals surface area contributed by atoms with Gasteiger partial charge in [-0.05, 0) is 38.5 Å². The highest BCUT2D eigenvalue weighted by Gasteiger charge is 2.09. The minimum Gasteiger partial charge on any atom is -0.479 e. The average Bonchev–Trinajstić information content (AvgIpc) is 2.66. The first-order chi connectivity index (χ1) is 13.2. The van der Waals surface area contributed by atoms with Crippen LogP contribution < -0.4 is 0 Å². The molecule has 0 heterocycles. The molecule has 0 rings (SSSR count). The number of hydrogen-bond donors (Lipinski definition) is 2. The van der Waals surface area contributed by atoms with Gasteiger partial charge in [0.25, 0.3) is 0 Å². The highest BCUT2D eigenvalue weighted by atomic mass is 16.4. The number of aliphatic carboxylic acids is 1. The Kier molecular flexibility index (Phi) is 20.4. The predicted molar refractivity (Wildman–Crippen MR) is 116 cm³/mol. The fourth-order valence-corrected chi connectivity index (χ4v) is 3.13. The van der Waals surface area contributed by atoms with Crippen LogP contribution in [0.15, 0.2) is 24.3 Å². The van der Waals surface area contributed by atoms with Crippen LogP contribution in [0.5, 0.6) is 0 Å². The van der Waals surface area contributed by atoms with Crippen molar-refractivity contribution in [2.45, 2.75) is 122 Å². The molecule has 0 fully saturated rings. The van der Waals surface area contributed by atoms with Crippen molar-refractivity contribution >= 4 is 5.97 Å². The summed E-state index contributed by atoms with van der Waals surface area (Å²) in [5, 5.41) is 17.7. The van der Waals surface area contributed by atoms with Gasteiger partial charge in [0.15, 0.2) is 6.10 Å². The average molecular weight is 381 g/mol. The smallest absolute Gasteiger partial charge is 0.332 e. The first kappa shape index (κ1) is 25.9. The minimum atomic E-state index is -1.26. The van der Waals surface area contributed by atoms with Crippen molar-refractivity contribution in [3.05, 3.63) is 24.3 Å². The highest BCUT2D eigenvalue weighted by molar-refractivity contribution is 5.72. The maximum Gasteiger partial charge on any atom is 0.332 e. The van der Waals surface area contributed by atoms with E-state index in [9.17, 15) is 4.79 Å². The van der Waals surface area contributed by atoms with Gasteiger partial charge in [-0.25, -0.2) is 4.79 Å². The van der Waals surface area contributed by atoms with E-state index in [1.165, 1.54) is 89.9 Å². The molecule has 0 spiro atoms. The Balaban J connectivity index is 3.20. The lowest BCUT2D eigenvalue weighted by Crippen LogP contribution is -2.17. The standard InChI is InChI=1S/C24H44O3/c1-2-3-4-5-6-7-8-9-10-11-12-13-14-15-16-17-18-19-20-21-22-23(25)24(26)27/h11-12,20-21,23,25H,2-10,13-19,22H2,1H3,(H,26,27). The first-order valence-corrected chi connectivity index (χ1v) is 11.4. The molecule has 0 bridgehead atoms. The number of carboxylic acids is 1. The van der Waals surface area contributed by atoms with Gasteiger partial charge in [-0.15, -0.1) is 0 Å². The molecule has 0 saturated heterocycles. The third kappa shape index (κ3) is 21.1. The SMILES string of the molecule is CCCCCCCCCCC=CCCCCCCCC=CCC(O)C(=O)O. The zero-order valence-corrected chi connectivity index (χ0v) is 17.7. The van der Waals surface area contributed by atoms with Crippen LogP contribution in [0.2, 0.25) is 0 Å². The molecule has 27 heavy (non-hydrogen) atoms. The third-order valence-corrected chi connectivity index (χ3v) is 4.94. The van der Waals surface area contributed by atoms with Crippen LogP contribution >= 0.6 is 0 Å². The Morgan fingerprint density at radius 2 is 1.04 bits per heavy atom. The number of carboxylic acid groups (broad SMARTS) is 1. The molecule has 0 aromatic rings. The van der Waals surface area contributed by atoms with Gasteiger partial charge in [0, 0.05) is 6.42 Å². The molecule has 0 radical (unpaired) electrons. The fourth-order valence-electron chi connectivity index (χ4n) is 3.13. The molecule has 1 unspecified atom stereocenters. The molecule has 0 aliphatic rings. The minimum absolute atomic E-state index is 0.209. The van der Waals surface area contributed by atoms with Crippen molar-refractivity contribution < 1.29 is 15.0 Å². The van der Waals surface area contributed by atoms with Gasteiger partial charge in [0.05, 0.1) is 0 Å². The van der Waals surface area contributed by atoms with Crippen molar-refractivity contribution in [1.82, 2.24) is 0 Å². The Morgan fingerprint density at radius 1 is 0.667 bits per heavy atom. The van der Waals surface area contributed by atoms with Gasteiger partial charge in [-0.1, -0.05) is 95.4 Å². The van der Waals surface area contributed by atoms with Gasteiger partial charge in [0.1, 0.15) is 0 Å². The van der Waals surface area contributed by atoms with E-state index in [4.69, 9.17) is 10.2 Å². The summed E-state index contributed by atoms with van der Waals surface area (Å²) in [7, 11) is 0. The molecule has 3 heteroatoms. The van der Waals surface area contributed by atoms with Crippen molar-refractivity contribution in [2.24, 2.45) is 0 Å². The highest BCUT2D eigenvalue weighted by Crippen LogP contribution is 2.11. The molecule has 2 N–H and O–H groups in total. The number of rotatable bonds is 20. The summed E-state index contributed by atoms with van der Waals surface area (Å²) in [5.74, 6) is -1.15. The maximum absolute atomic E-state index is 10.4. The normalized spacial score (nSPS) is 13.0. The molecule has 0 amide bonds. The molecular formula is C24H44O3. The first-order valence-electron chi connectivity index (χ1n) is 11.4. The second-order valence-electron chi connectivity index (χ2n) is 7.64. The summed E-state index contributed by atoms with van der Waals surface area (Å²) >= 11 is 0. The molecule has 0 aromatic heterocycles. The Morgan fingerprint density at radius 3 is 1.44 bits per heavy atom. The molecule has 3 nitrogen and oxygen atoms in total. The summed E-state index contributed by atoms with van der Waals surface area (Å²) < 4.78 is 0. The van der Waals surface area contributed by atoms with Crippen molar-refractivity contribution in [1.29, 1.82) is 0 Å². The van der Waals surface area contributed by atoms with E-state index in [0.717, 1.165) is 12.8 Å². The van der Waals surface area contributed by atoms with Crippen LogP contribution in [-0.4, -0.2) is 22.3 Å². The van der Waals surface area contributed by atoms with Crippen LogP contribution in [0.3, 0.4) is 0 Å². The second-order valence-corrected chi connectivity index (χ2v) is 7.64. The van der Waals surface area contributed by atoms with Crippen LogP contribution in [0, 0.1) is 0 Å². The predicted octanol–water partition coefficient (Wildman–Crippen LogP) is 7.20. The molecule has 0 aliphatic heterocycles. The van der Waals surface area contributed by atoms with Gasteiger partial charge >= 0.3 is 5.97 Å². The van der Waals surface area contributed by atoms with E-state index in [1.54, 1.807) is 6.08 Å². The fraction of sp³-hybridized carbons (Fsp3) is 0.792. The maximum atomic E-state index is 10.4. The lowest BCUT2D eigenvalue weighted by molar-refractivity contribution is -0.146. The molecular weight excluding hydrogens is 336 g/mol. The number of aliphatic hydroxyl groups is 1. The second kappa shape index (κ2) is 21.2. The van der Waals surface area contributed by atoms with Gasteiger partial charge < -0.3 is 10.2 Å². The zero-order valence-electron chi connectivity index (χ0n) is 17.7. The largest absolute Gasteiger partial charge is 0.479 e. The summed E-state index contributed by atoms with van der Waals surface area (Å²) in [6.07, 6.45) is 28.3. The molecule has 0 saturated carbocycles. The summed E-state index contributed by atoms with van der Waals surface area (Å²) in [5.41, 5.74) is 0. The number of hydrogen-bond acceptors (Lipinski definition) is 2. The molecule has 0 aromatic carbocycles. The lowest BCUT2D eigenvalue weighted by Gasteiger charge is -2.00. The van der Waals surface area contributed by atoms with E-state index in [2.05, 4.69) is 19.1 Å². The topological polar surface area (TPSA) is 57.5 Å². The van der Waals surface area contributed by atoms with E-state index in [1.807, 2.05) is 6.08 Å². The van der Waals surface area contributed by atoms with Gasteiger partial charge in [-0.2, -0.15) is 0 Å². The number of carbonyl (C=O) groups is 1. The van der Waals surface area contributed by atoms with E-state index < -0.39 is 12.1 Å². The van der Waals surface area contributed by atoms with Crippen LogP contribution in [-0.2, 0) is 4.79 Å². The monoisotopic (exact) mass is 380 g/mol. The molecule has 0 aliphatic carbocycles. The zero-order chi connectivity index (χ0) is 20.0. The number of unbranched alkanes of at least 4 members (excludes halogenated alkanes) is 14. The van der Waals surface area contributed by atoms with Crippen molar-refractivity contribution in [2.75, 3.05) is 0 Å². The lowest BCUT2D eigenvalue weighted by atomic mass is 10.1. The van der Waals surface area contributed by atoms with E-state index in [-0.39, 0.29) is 6.42 Å². The quantitative estimate of drug-likeness (QED) is 0.173. The number of aliphatic hydroxyl groups excluding tert-OH is 1. The van der Waals surface area contributed by atoms with Gasteiger partial charge in [-0.3, -0.25) is 0 Å².